The molecule has 2 rings (SSSR count). The molecule has 1 aromatic carbocycles. The van der Waals surface area contributed by atoms with E-state index in [1.54, 1.807) is 20.8 Å². The van der Waals surface area contributed by atoms with Gasteiger partial charge in [0.2, 0.25) is 0 Å². The molecule has 29 heavy (non-hydrogen) atoms. The second kappa shape index (κ2) is 9.42. The third-order valence-corrected chi connectivity index (χ3v) is 6.51. The Morgan fingerprint density at radius 3 is 2.21 bits per heavy atom. The maximum Gasteiger partial charge on any atom is 0.405 e. The van der Waals surface area contributed by atoms with Crippen LogP contribution in [0.2, 0.25) is 0 Å². The van der Waals surface area contributed by atoms with Gasteiger partial charge in [0, 0.05) is 5.54 Å². The van der Waals surface area contributed by atoms with Crippen LogP contribution in [0.4, 0.5) is 4.79 Å². The van der Waals surface area contributed by atoms with Gasteiger partial charge in [-0.1, -0.05) is 6.07 Å². The van der Waals surface area contributed by atoms with Gasteiger partial charge in [0.25, 0.3) is 0 Å². The van der Waals surface area contributed by atoms with E-state index in [9.17, 15) is 23.1 Å². The molecule has 0 unspecified atom stereocenters. The quantitative estimate of drug-likeness (QED) is 0.418. The summed E-state index contributed by atoms with van der Waals surface area (Å²) in [6.07, 6.45) is -1.83. The molecule has 0 aromatic heterocycles. The molecule has 0 aliphatic heterocycles. The molecule has 1 aliphatic carbocycles. The van der Waals surface area contributed by atoms with Gasteiger partial charge in [-0.25, -0.2) is 18.0 Å². The maximum absolute atomic E-state index is 12.4. The van der Waals surface area contributed by atoms with Crippen molar-refractivity contribution in [3.63, 3.8) is 0 Å². The van der Waals surface area contributed by atoms with Crippen LogP contribution in [0.5, 0.6) is 5.75 Å². The topological polar surface area (TPSA) is 170 Å². The van der Waals surface area contributed by atoms with Crippen molar-refractivity contribution in [1.29, 1.82) is 0 Å². The SMILES string of the molecule is CC(C)(C)NC(=O)O.O=C(O)[C@@H](O)COc1cccc(S(=O)(=O)C2(CO)CC2)c1. The minimum Gasteiger partial charge on any atom is -0.490 e. The lowest BCUT2D eigenvalue weighted by atomic mass is 10.1. The molecule has 0 saturated heterocycles. The average Bonchev–Trinajstić information content (AvgIpc) is 3.40. The Bertz CT molecular complexity index is 826. The first kappa shape index (κ1) is 24.7. The fraction of sp³-hybridized carbons (Fsp3) is 0.556. The van der Waals surface area contributed by atoms with E-state index >= 15 is 0 Å². The zero-order valence-corrected chi connectivity index (χ0v) is 17.3. The molecule has 1 atom stereocenters. The number of carboxylic acid groups (broad SMARTS) is 2. The minimum absolute atomic E-state index is 0.0105. The number of rotatable bonds is 7. The summed E-state index contributed by atoms with van der Waals surface area (Å²) in [4.78, 5) is 20.4. The number of nitrogens with one attached hydrogen (secondary N) is 1. The molecule has 10 nitrogen and oxygen atoms in total. The number of amides is 1. The minimum atomic E-state index is -3.66. The van der Waals surface area contributed by atoms with E-state index in [0.717, 1.165) is 0 Å². The van der Waals surface area contributed by atoms with Crippen LogP contribution in [-0.4, -0.2) is 70.5 Å². The number of carboxylic acids is 1. The Hall–Kier alpha value is -2.37. The first-order valence-corrected chi connectivity index (χ1v) is 10.2. The van der Waals surface area contributed by atoms with Crippen LogP contribution in [0, 0.1) is 0 Å². The van der Waals surface area contributed by atoms with Crippen LogP contribution in [0.25, 0.3) is 0 Å². The van der Waals surface area contributed by atoms with E-state index in [-0.39, 0.29) is 16.2 Å². The van der Waals surface area contributed by atoms with E-state index in [0.29, 0.717) is 12.8 Å². The monoisotopic (exact) mass is 433 g/mol. The van der Waals surface area contributed by atoms with Crippen molar-refractivity contribution in [1.82, 2.24) is 5.32 Å². The van der Waals surface area contributed by atoms with E-state index in [1.807, 2.05) is 0 Å². The van der Waals surface area contributed by atoms with Crippen LogP contribution >= 0.6 is 0 Å². The molecule has 11 heteroatoms. The van der Waals surface area contributed by atoms with Gasteiger partial charge in [-0.05, 0) is 51.8 Å². The molecule has 0 bridgehead atoms. The van der Waals surface area contributed by atoms with Crippen molar-refractivity contribution in [2.75, 3.05) is 13.2 Å². The number of hydrogen-bond donors (Lipinski definition) is 5. The highest BCUT2D eigenvalue weighted by Gasteiger charge is 2.54. The van der Waals surface area contributed by atoms with E-state index in [1.165, 1.54) is 24.3 Å². The Kier molecular flexibility index (Phi) is 8.01. The normalized spacial score (nSPS) is 16.0. The van der Waals surface area contributed by atoms with Gasteiger partial charge in [0.05, 0.1) is 16.2 Å². The number of hydrogen-bond acceptors (Lipinski definition) is 7. The van der Waals surface area contributed by atoms with E-state index in [2.05, 4.69) is 5.32 Å². The number of aliphatic hydroxyl groups is 2. The van der Waals surface area contributed by atoms with Gasteiger partial charge in [-0.15, -0.1) is 0 Å². The molecule has 1 aromatic rings. The maximum atomic E-state index is 12.4. The number of carbonyl (C=O) groups is 2. The number of aliphatic carboxylic acids is 1. The second-order valence-electron chi connectivity index (χ2n) is 7.66. The highest BCUT2D eigenvalue weighted by Crippen LogP contribution is 2.46. The lowest BCUT2D eigenvalue weighted by Gasteiger charge is -2.16. The van der Waals surface area contributed by atoms with Crippen molar-refractivity contribution >= 4 is 21.9 Å². The summed E-state index contributed by atoms with van der Waals surface area (Å²) >= 11 is 0. The molecule has 0 spiro atoms. The van der Waals surface area contributed by atoms with Crippen LogP contribution in [-0.2, 0) is 14.6 Å². The highest BCUT2D eigenvalue weighted by atomic mass is 32.2. The summed E-state index contributed by atoms with van der Waals surface area (Å²) in [5, 5.41) is 37.3. The van der Waals surface area contributed by atoms with Gasteiger partial charge >= 0.3 is 12.1 Å². The van der Waals surface area contributed by atoms with Crippen LogP contribution in [0.15, 0.2) is 29.2 Å². The predicted molar refractivity (Wildman–Crippen MR) is 103 cm³/mol. The smallest absolute Gasteiger partial charge is 0.405 e. The summed E-state index contributed by atoms with van der Waals surface area (Å²) < 4.78 is 28.7. The Balaban J connectivity index is 0.000000447. The van der Waals surface area contributed by atoms with E-state index in [4.69, 9.17) is 20.1 Å². The van der Waals surface area contributed by atoms with Crippen LogP contribution < -0.4 is 10.1 Å². The first-order chi connectivity index (χ1) is 13.2. The lowest BCUT2D eigenvalue weighted by molar-refractivity contribution is -0.148. The van der Waals surface area contributed by atoms with Crippen molar-refractivity contribution in [2.45, 2.75) is 54.9 Å². The number of ether oxygens (including phenoxy) is 1. The van der Waals surface area contributed by atoms with Gasteiger partial charge < -0.3 is 30.5 Å². The zero-order chi connectivity index (χ0) is 22.5. The van der Waals surface area contributed by atoms with Gasteiger partial charge in [-0.3, -0.25) is 0 Å². The predicted octanol–water partition coefficient (Wildman–Crippen LogP) is 0.862. The number of aliphatic hydroxyl groups excluding tert-OH is 2. The molecule has 164 valence electrons. The fourth-order valence-corrected chi connectivity index (χ4v) is 4.04. The first-order valence-electron chi connectivity index (χ1n) is 8.74. The summed E-state index contributed by atoms with van der Waals surface area (Å²) in [6, 6.07) is 5.58. The molecule has 0 radical (unpaired) electrons. The lowest BCUT2D eigenvalue weighted by Crippen LogP contribution is -2.39. The molecule has 1 saturated carbocycles. The number of sulfone groups is 1. The number of benzene rings is 1. The van der Waals surface area contributed by atoms with Crippen LogP contribution in [0.1, 0.15) is 33.6 Å². The zero-order valence-electron chi connectivity index (χ0n) is 16.5. The summed E-state index contributed by atoms with van der Waals surface area (Å²) in [5.74, 6) is -1.28. The van der Waals surface area contributed by atoms with Crippen molar-refractivity contribution in [3.05, 3.63) is 24.3 Å². The highest BCUT2D eigenvalue weighted by molar-refractivity contribution is 7.93. The molecule has 0 heterocycles. The molecular weight excluding hydrogens is 406 g/mol. The molecule has 5 N–H and O–H groups in total. The Morgan fingerprint density at radius 2 is 1.83 bits per heavy atom. The van der Waals surface area contributed by atoms with Crippen molar-refractivity contribution in [3.8, 4) is 5.75 Å². The Labute approximate surface area is 169 Å². The second-order valence-corrected chi connectivity index (χ2v) is 10.0. The molecule has 1 fully saturated rings. The molecule has 1 aliphatic rings. The van der Waals surface area contributed by atoms with Gasteiger partial charge in [0.1, 0.15) is 12.4 Å². The Morgan fingerprint density at radius 1 is 1.24 bits per heavy atom. The van der Waals surface area contributed by atoms with Gasteiger partial charge in [-0.2, -0.15) is 0 Å². The summed E-state index contributed by atoms with van der Waals surface area (Å²) in [6.45, 7) is 4.46. The van der Waals surface area contributed by atoms with E-state index < -0.39 is 46.0 Å². The third-order valence-electron chi connectivity index (χ3n) is 3.96. The molecular formula is C18H27NO9S. The van der Waals surface area contributed by atoms with Crippen molar-refractivity contribution in [2.24, 2.45) is 0 Å². The largest absolute Gasteiger partial charge is 0.490 e. The van der Waals surface area contributed by atoms with Crippen molar-refractivity contribution < 1.29 is 43.2 Å². The average molecular weight is 433 g/mol. The molecule has 1 amide bonds. The summed E-state index contributed by atoms with van der Waals surface area (Å²) in [7, 11) is -3.66. The standard InChI is InChI=1S/C13H16O7S.C5H11NO2/c14-8-13(4-5-13)21(18,19)10-3-1-2-9(6-10)20-7-11(15)12(16)17;1-5(2,3)6-4(7)8/h1-3,6,11,14-15H,4-5,7-8H2,(H,16,17);6H,1-3H3,(H,7,8)/t11-;/m0./s1. The third kappa shape index (κ3) is 7.18. The van der Waals surface area contributed by atoms with Crippen LogP contribution in [0.3, 0.4) is 0 Å². The fourth-order valence-electron chi connectivity index (χ4n) is 2.20. The summed E-state index contributed by atoms with van der Waals surface area (Å²) in [5.41, 5.74) is -0.328. The van der Waals surface area contributed by atoms with Gasteiger partial charge in [0.15, 0.2) is 15.9 Å².